The first-order valence-electron chi connectivity index (χ1n) is 13.1. The summed E-state index contributed by atoms with van der Waals surface area (Å²) in [6.45, 7) is 0.837. The molecule has 2 aliphatic heterocycles. The Morgan fingerprint density at radius 3 is 1.45 bits per heavy atom. The number of nitrogens with two attached hydrogens (primary N) is 1. The Morgan fingerprint density at radius 1 is 0.738 bits per heavy atom. The van der Waals surface area contributed by atoms with Crippen LogP contribution >= 0.6 is 0 Å². The van der Waals surface area contributed by atoms with E-state index in [0.29, 0.717) is 25.7 Å². The molecule has 5 rings (SSSR count). The van der Waals surface area contributed by atoms with E-state index in [1.165, 1.54) is 8.61 Å². The van der Waals surface area contributed by atoms with Gasteiger partial charge >= 0.3 is 6.03 Å². The van der Waals surface area contributed by atoms with Crippen LogP contribution < -0.4 is 11.2 Å². The monoisotopic (exact) mass is 621 g/mol. The summed E-state index contributed by atoms with van der Waals surface area (Å²) in [4.78, 5) is 33.6. The summed E-state index contributed by atoms with van der Waals surface area (Å²) >= 11 is 0. The number of nitro groups is 2. The van der Waals surface area contributed by atoms with Gasteiger partial charge in [-0.3, -0.25) is 20.2 Å². The number of nitro benzene ring substituents is 2. The number of rotatable bonds is 7. The normalized spacial score (nSPS) is 17.8. The van der Waals surface area contributed by atoms with Gasteiger partial charge in [-0.25, -0.2) is 27.1 Å². The number of primary amides is 1. The Balaban J connectivity index is 1.80. The zero-order valence-corrected chi connectivity index (χ0v) is 23.8. The van der Waals surface area contributed by atoms with Crippen molar-refractivity contribution in [2.45, 2.75) is 48.3 Å². The average Bonchev–Trinajstić information content (AvgIpc) is 3.29. The van der Waals surface area contributed by atoms with Gasteiger partial charge in [-0.15, -0.1) is 0 Å². The lowest BCUT2D eigenvalue weighted by molar-refractivity contribution is -0.386. The molecule has 0 atom stereocenters. The van der Waals surface area contributed by atoms with Gasteiger partial charge in [0.25, 0.3) is 11.4 Å². The lowest BCUT2D eigenvalue weighted by Gasteiger charge is -2.26. The number of carbonyl (C=O) groups excluding carboxylic acids is 1. The standard InChI is InChI=1S/C24H27N7O9S2/c25-24(32)27-26-23-17-11-15(41(37,38)28-7-3-1-4-8-28)13-19(30(33)34)21(17)22-18(23)12-16(14-20(22)31(35)36)42(39,40)29-9-5-2-6-10-29/h11-14H,1-10H2,(H3,25,27,32). The molecule has 2 amide bonds. The maximum atomic E-state index is 13.5. The van der Waals surface area contributed by atoms with E-state index in [2.05, 4.69) is 5.10 Å². The fraction of sp³-hybridized carbons (Fsp3) is 0.417. The molecule has 18 heteroatoms. The summed E-state index contributed by atoms with van der Waals surface area (Å²) in [5, 5.41) is 28.5. The predicted molar refractivity (Wildman–Crippen MR) is 149 cm³/mol. The number of sulfonamides is 2. The number of nitrogens with zero attached hydrogens (tertiary/aromatic N) is 5. The number of piperidine rings is 2. The molecule has 2 fully saturated rings. The Labute approximate surface area is 240 Å². The molecule has 0 bridgehead atoms. The predicted octanol–water partition coefficient (Wildman–Crippen LogP) is 2.25. The van der Waals surface area contributed by atoms with Gasteiger partial charge in [0, 0.05) is 49.4 Å². The molecule has 42 heavy (non-hydrogen) atoms. The van der Waals surface area contributed by atoms with Crippen LogP contribution in [-0.4, -0.2) is 73.2 Å². The van der Waals surface area contributed by atoms with Crippen molar-refractivity contribution in [1.82, 2.24) is 14.0 Å². The van der Waals surface area contributed by atoms with Crippen LogP contribution in [0, 0.1) is 20.2 Å². The van der Waals surface area contributed by atoms with Crippen molar-refractivity contribution in [3.8, 4) is 11.1 Å². The summed E-state index contributed by atoms with van der Waals surface area (Å²) in [6, 6.07) is 2.71. The second-order valence-corrected chi connectivity index (χ2v) is 14.0. The zero-order valence-electron chi connectivity index (χ0n) is 22.2. The number of hydrazone groups is 1. The molecule has 0 aromatic heterocycles. The molecular weight excluding hydrogens is 594 g/mol. The van der Waals surface area contributed by atoms with Crippen molar-refractivity contribution in [2.24, 2.45) is 10.8 Å². The minimum atomic E-state index is -4.23. The van der Waals surface area contributed by atoms with Gasteiger partial charge in [0.05, 0.1) is 36.5 Å². The molecule has 0 unspecified atom stereocenters. The molecule has 3 N–H and O–H groups in total. The Hall–Kier alpha value is -4.00. The molecular formula is C24H27N7O9S2. The summed E-state index contributed by atoms with van der Waals surface area (Å²) in [6.07, 6.45) is 4.07. The van der Waals surface area contributed by atoms with Gasteiger partial charge in [0.2, 0.25) is 20.0 Å². The number of nitrogens with one attached hydrogen (secondary N) is 1. The molecule has 2 saturated heterocycles. The van der Waals surface area contributed by atoms with Crippen molar-refractivity contribution in [1.29, 1.82) is 0 Å². The molecule has 1 aliphatic carbocycles. The van der Waals surface area contributed by atoms with Crippen molar-refractivity contribution in [3.05, 3.63) is 55.6 Å². The van der Waals surface area contributed by atoms with Crippen LogP contribution in [0.4, 0.5) is 16.2 Å². The van der Waals surface area contributed by atoms with E-state index in [0.717, 1.165) is 37.1 Å². The van der Waals surface area contributed by atoms with Crippen LogP contribution in [0.1, 0.15) is 49.7 Å². The zero-order chi connectivity index (χ0) is 30.4. The van der Waals surface area contributed by atoms with Gasteiger partial charge in [-0.1, -0.05) is 12.8 Å². The summed E-state index contributed by atoms with van der Waals surface area (Å²) in [5.74, 6) is 0. The molecule has 16 nitrogen and oxygen atoms in total. The summed E-state index contributed by atoms with van der Waals surface area (Å²) in [5.41, 5.74) is 4.25. The van der Waals surface area contributed by atoms with E-state index in [-0.39, 0.29) is 54.1 Å². The largest absolute Gasteiger partial charge is 0.350 e. The van der Waals surface area contributed by atoms with Gasteiger partial charge < -0.3 is 5.73 Å². The van der Waals surface area contributed by atoms with Gasteiger partial charge in [-0.2, -0.15) is 13.7 Å². The maximum Gasteiger partial charge on any atom is 0.332 e. The highest BCUT2D eigenvalue weighted by atomic mass is 32.2. The molecule has 3 aliphatic rings. The van der Waals surface area contributed by atoms with Crippen molar-refractivity contribution < 1.29 is 31.5 Å². The first kappa shape index (κ1) is 29.5. The van der Waals surface area contributed by atoms with Crippen LogP contribution in [0.3, 0.4) is 0 Å². The first-order valence-corrected chi connectivity index (χ1v) is 16.0. The number of carbonyl (C=O) groups is 1. The number of hydrogen-bond donors (Lipinski definition) is 2. The van der Waals surface area contributed by atoms with Crippen molar-refractivity contribution in [3.63, 3.8) is 0 Å². The van der Waals surface area contributed by atoms with E-state index >= 15 is 0 Å². The third-order valence-corrected chi connectivity index (χ3v) is 11.3. The number of urea groups is 1. The van der Waals surface area contributed by atoms with Crippen LogP contribution in [0.25, 0.3) is 11.1 Å². The third kappa shape index (κ3) is 5.10. The highest BCUT2D eigenvalue weighted by Crippen LogP contribution is 2.49. The second kappa shape index (κ2) is 11.0. The minimum Gasteiger partial charge on any atom is -0.350 e. The molecule has 0 spiro atoms. The molecule has 2 aromatic carbocycles. The number of hydrogen-bond acceptors (Lipinski definition) is 10. The number of benzene rings is 2. The van der Waals surface area contributed by atoms with E-state index < -0.39 is 57.1 Å². The Bertz CT molecular complexity index is 1630. The second-order valence-electron chi connectivity index (χ2n) is 10.1. The quantitative estimate of drug-likeness (QED) is 0.291. The first-order chi connectivity index (χ1) is 19.8. The third-order valence-electron chi connectivity index (χ3n) is 7.52. The average molecular weight is 622 g/mol. The molecule has 224 valence electrons. The molecule has 0 saturated carbocycles. The topological polar surface area (TPSA) is 229 Å². The number of amides is 2. The lowest BCUT2D eigenvalue weighted by Crippen LogP contribution is -2.35. The smallest absolute Gasteiger partial charge is 0.332 e. The minimum absolute atomic E-state index is 0.209. The van der Waals surface area contributed by atoms with Crippen LogP contribution in [-0.2, 0) is 20.0 Å². The maximum absolute atomic E-state index is 13.5. The number of fused-ring (bicyclic) bond motifs is 3. The van der Waals surface area contributed by atoms with Crippen LogP contribution in [0.15, 0.2) is 39.2 Å². The molecule has 0 radical (unpaired) electrons. The Kier molecular flexibility index (Phi) is 7.73. The van der Waals surface area contributed by atoms with Crippen molar-refractivity contribution in [2.75, 3.05) is 26.2 Å². The fourth-order valence-corrected chi connectivity index (χ4v) is 8.70. The van der Waals surface area contributed by atoms with E-state index in [4.69, 9.17) is 5.73 Å². The Morgan fingerprint density at radius 2 is 1.12 bits per heavy atom. The van der Waals surface area contributed by atoms with Crippen LogP contribution in [0.2, 0.25) is 0 Å². The lowest BCUT2D eigenvalue weighted by atomic mass is 10.0. The van der Waals surface area contributed by atoms with Gasteiger partial charge in [0.15, 0.2) is 0 Å². The molecule has 2 aromatic rings. The van der Waals surface area contributed by atoms with E-state index in [9.17, 15) is 41.9 Å². The van der Waals surface area contributed by atoms with Crippen molar-refractivity contribution >= 4 is 43.2 Å². The van der Waals surface area contributed by atoms with E-state index in [1.807, 2.05) is 5.43 Å². The van der Waals surface area contributed by atoms with Crippen LogP contribution in [0.5, 0.6) is 0 Å². The summed E-state index contributed by atoms with van der Waals surface area (Å²) < 4.78 is 56.5. The van der Waals surface area contributed by atoms with E-state index in [1.54, 1.807) is 0 Å². The van der Waals surface area contributed by atoms with Gasteiger partial charge in [-0.05, 0) is 37.8 Å². The highest BCUT2D eigenvalue weighted by molar-refractivity contribution is 7.89. The van der Waals surface area contributed by atoms with Gasteiger partial charge in [0.1, 0.15) is 0 Å². The fourth-order valence-electron chi connectivity index (χ4n) is 5.57. The summed E-state index contributed by atoms with van der Waals surface area (Å²) in [7, 11) is -8.46. The molecule has 2 heterocycles. The highest BCUT2D eigenvalue weighted by Gasteiger charge is 2.42. The SMILES string of the molecule is NC(=O)NN=C1c2cc(S(=O)(=O)N3CCCCC3)cc([N+](=O)[O-])c2-c2c1cc(S(=O)(=O)N1CCCCC1)cc2[N+](=O)[O-].